The number of hydrogen-bond donors (Lipinski definition) is 3. The second-order valence-electron chi connectivity index (χ2n) is 10.8. The van der Waals surface area contributed by atoms with Crippen molar-refractivity contribution in [1.29, 1.82) is 0 Å². The number of fused-ring (bicyclic) bond motifs is 2. The van der Waals surface area contributed by atoms with E-state index >= 15 is 0 Å². The fraction of sp³-hybridized carbons (Fsp3) is 0.333. The summed E-state index contributed by atoms with van der Waals surface area (Å²) in [6.45, 7) is 5.97. The van der Waals surface area contributed by atoms with Crippen LogP contribution in [0, 0.1) is 5.92 Å². The Morgan fingerprint density at radius 2 is 1.76 bits per heavy atom. The first-order valence-corrected chi connectivity index (χ1v) is 16.1. The average Bonchev–Trinajstić information content (AvgIpc) is 3.32. The van der Waals surface area contributed by atoms with Crippen molar-refractivity contribution >= 4 is 31.5 Å². The van der Waals surface area contributed by atoms with Gasteiger partial charge in [-0.2, -0.15) is 0 Å². The minimum atomic E-state index is -2.73. The number of hydrogen-bond acceptors (Lipinski definition) is 5. The molecule has 0 radical (unpaired) electrons. The lowest BCUT2D eigenvalue weighted by molar-refractivity contribution is -0.146. The summed E-state index contributed by atoms with van der Waals surface area (Å²) in [6.07, 6.45) is -0.0399. The van der Waals surface area contributed by atoms with Gasteiger partial charge in [-0.15, -0.1) is 0 Å². The van der Waals surface area contributed by atoms with Crippen LogP contribution >= 0.6 is 0 Å². The van der Waals surface area contributed by atoms with Crippen LogP contribution in [0.3, 0.4) is 0 Å². The maximum Gasteiger partial charge on any atom is 0.264 e. The smallest absolute Gasteiger partial charge is 0.264 e. The van der Waals surface area contributed by atoms with Crippen LogP contribution in [0.5, 0.6) is 0 Å². The summed E-state index contributed by atoms with van der Waals surface area (Å²) in [7, 11) is -2.73. The van der Waals surface area contributed by atoms with Crippen LogP contribution in [0.1, 0.15) is 34.8 Å². The van der Waals surface area contributed by atoms with Gasteiger partial charge in [-0.25, -0.2) is 0 Å². The maximum atomic E-state index is 14.3. The summed E-state index contributed by atoms with van der Waals surface area (Å²) in [5, 5.41) is 12.7. The molecule has 2 amide bonds. The summed E-state index contributed by atoms with van der Waals surface area (Å²) < 4.78 is 6.60. The molecular formula is C30H34N2O5Si. The Morgan fingerprint density at radius 1 is 1.05 bits per heavy atom. The molecule has 1 spiro atoms. The maximum absolute atomic E-state index is 14.3. The number of rotatable bonds is 7. The molecule has 2 heterocycles. The lowest BCUT2D eigenvalue weighted by Gasteiger charge is -2.32. The van der Waals surface area contributed by atoms with Gasteiger partial charge < -0.3 is 24.9 Å². The number of anilines is 2. The molecule has 0 unspecified atom stereocenters. The fourth-order valence-electron chi connectivity index (χ4n) is 6.31. The SMILES string of the molecule is C[C@H]1[C@H]([Si](C)(C)O)[C@@H](CCO)O[C@]12C(=O)N(Cc1cccc(NC(=O)c3ccccc3)c1)c1ccccc12. The summed E-state index contributed by atoms with van der Waals surface area (Å²) in [4.78, 5) is 39.8. The van der Waals surface area contributed by atoms with Gasteiger partial charge >= 0.3 is 0 Å². The van der Waals surface area contributed by atoms with E-state index in [-0.39, 0.29) is 29.9 Å². The highest BCUT2D eigenvalue weighted by molar-refractivity contribution is 6.71. The molecule has 0 aromatic heterocycles. The number of amides is 2. The number of para-hydroxylation sites is 1. The Hall–Kier alpha value is -3.30. The molecule has 5 rings (SSSR count). The third kappa shape index (κ3) is 4.47. The summed E-state index contributed by atoms with van der Waals surface area (Å²) in [5.41, 5.74) is 2.24. The van der Waals surface area contributed by atoms with E-state index < -0.39 is 20.0 Å². The number of benzene rings is 3. The Kier molecular flexibility index (Phi) is 7.00. The van der Waals surface area contributed by atoms with Gasteiger partial charge in [-0.3, -0.25) is 9.59 Å². The van der Waals surface area contributed by atoms with Gasteiger partial charge in [-0.05, 0) is 55.4 Å². The molecule has 0 bridgehead atoms. The second kappa shape index (κ2) is 10.1. The summed E-state index contributed by atoms with van der Waals surface area (Å²) in [5.74, 6) is -0.622. The first-order chi connectivity index (χ1) is 18.2. The average molecular weight is 531 g/mol. The van der Waals surface area contributed by atoms with Crippen LogP contribution in [-0.4, -0.2) is 42.7 Å². The third-order valence-corrected chi connectivity index (χ3v) is 10.4. The molecule has 2 aliphatic rings. The van der Waals surface area contributed by atoms with Crippen molar-refractivity contribution in [3.8, 4) is 0 Å². The standard InChI is InChI=1S/C30H34N2O5Si/c1-20-27(38(2,3)36)26(16-17-33)37-30(20)24-14-7-8-15-25(24)32(29(30)35)19-21-10-9-13-23(18-21)31-28(34)22-11-5-4-6-12-22/h4-15,18,20,26-27,33,36H,16-17,19H2,1-3H3,(H,31,34)/t20-,26+,27-,30+/m0/s1. The fourth-order valence-corrected chi connectivity index (χ4v) is 8.91. The molecule has 1 saturated heterocycles. The van der Waals surface area contributed by atoms with Gasteiger partial charge in [-0.1, -0.05) is 55.5 Å². The minimum Gasteiger partial charge on any atom is -0.432 e. The van der Waals surface area contributed by atoms with E-state index in [2.05, 4.69) is 5.32 Å². The van der Waals surface area contributed by atoms with Crippen molar-refractivity contribution in [2.45, 2.75) is 50.2 Å². The molecule has 4 atom stereocenters. The lowest BCUT2D eigenvalue weighted by Crippen LogP contribution is -2.46. The van der Waals surface area contributed by atoms with E-state index in [1.807, 2.05) is 86.7 Å². The first kappa shape index (κ1) is 26.3. The number of ether oxygens (including phenoxy) is 1. The van der Waals surface area contributed by atoms with Crippen molar-refractivity contribution in [1.82, 2.24) is 0 Å². The Balaban J connectivity index is 1.46. The largest absolute Gasteiger partial charge is 0.432 e. The zero-order valence-electron chi connectivity index (χ0n) is 21.9. The number of nitrogens with one attached hydrogen (secondary N) is 1. The van der Waals surface area contributed by atoms with E-state index in [4.69, 9.17) is 4.74 Å². The number of nitrogens with zero attached hydrogens (tertiary/aromatic N) is 1. The van der Waals surface area contributed by atoms with Gasteiger partial charge in [0.1, 0.15) is 0 Å². The van der Waals surface area contributed by atoms with Crippen molar-refractivity contribution in [2.75, 3.05) is 16.8 Å². The molecule has 0 saturated carbocycles. The third-order valence-electron chi connectivity index (χ3n) is 7.87. The van der Waals surface area contributed by atoms with Gasteiger partial charge in [0.25, 0.3) is 11.8 Å². The Morgan fingerprint density at radius 3 is 2.47 bits per heavy atom. The van der Waals surface area contributed by atoms with Crippen molar-refractivity contribution in [2.24, 2.45) is 5.92 Å². The highest BCUT2D eigenvalue weighted by atomic mass is 28.4. The van der Waals surface area contributed by atoms with Crippen LogP contribution in [-0.2, 0) is 21.7 Å². The lowest BCUT2D eigenvalue weighted by atomic mass is 9.82. The summed E-state index contributed by atoms with van der Waals surface area (Å²) in [6, 6.07) is 24.2. The molecule has 38 heavy (non-hydrogen) atoms. The molecule has 0 aliphatic carbocycles. The molecular weight excluding hydrogens is 496 g/mol. The summed E-state index contributed by atoms with van der Waals surface area (Å²) >= 11 is 0. The van der Waals surface area contributed by atoms with Crippen LogP contribution < -0.4 is 10.2 Å². The number of carbonyl (C=O) groups is 2. The predicted octanol–water partition coefficient (Wildman–Crippen LogP) is 4.67. The highest BCUT2D eigenvalue weighted by Crippen LogP contribution is 2.59. The molecule has 7 nitrogen and oxygen atoms in total. The first-order valence-electron chi connectivity index (χ1n) is 13.0. The zero-order chi connectivity index (χ0) is 27.1. The quantitative estimate of drug-likeness (QED) is 0.386. The number of carbonyl (C=O) groups excluding carboxylic acids is 2. The van der Waals surface area contributed by atoms with Crippen LogP contribution in [0.4, 0.5) is 11.4 Å². The van der Waals surface area contributed by atoms with Crippen molar-refractivity contribution < 1.29 is 24.2 Å². The molecule has 3 aromatic carbocycles. The molecule has 3 N–H and O–H groups in total. The van der Waals surface area contributed by atoms with Gasteiger partial charge in [0.2, 0.25) is 0 Å². The van der Waals surface area contributed by atoms with Crippen LogP contribution in [0.15, 0.2) is 78.9 Å². The van der Waals surface area contributed by atoms with E-state index in [9.17, 15) is 19.5 Å². The molecule has 2 aliphatic heterocycles. The van der Waals surface area contributed by atoms with Crippen LogP contribution in [0.25, 0.3) is 0 Å². The van der Waals surface area contributed by atoms with Gasteiger partial charge in [0.05, 0.1) is 18.3 Å². The molecule has 1 fully saturated rings. The molecule has 3 aromatic rings. The second-order valence-corrected chi connectivity index (χ2v) is 14.8. The predicted molar refractivity (Wildman–Crippen MR) is 149 cm³/mol. The molecule has 198 valence electrons. The minimum absolute atomic E-state index is 0.0739. The van der Waals surface area contributed by atoms with E-state index in [0.717, 1.165) is 16.8 Å². The van der Waals surface area contributed by atoms with Gasteiger partial charge in [0, 0.05) is 34.9 Å². The topological polar surface area (TPSA) is 99.1 Å². The Labute approximate surface area is 224 Å². The van der Waals surface area contributed by atoms with Crippen LogP contribution in [0.2, 0.25) is 18.6 Å². The monoisotopic (exact) mass is 530 g/mol. The highest BCUT2D eigenvalue weighted by Gasteiger charge is 2.65. The number of aliphatic hydroxyl groups is 1. The Bertz CT molecular complexity index is 1340. The van der Waals surface area contributed by atoms with Crippen molar-refractivity contribution in [3.05, 3.63) is 95.6 Å². The normalized spacial score (nSPS) is 24.6. The zero-order valence-corrected chi connectivity index (χ0v) is 22.9. The van der Waals surface area contributed by atoms with Gasteiger partial charge in [0.15, 0.2) is 13.9 Å². The van der Waals surface area contributed by atoms with E-state index in [1.54, 1.807) is 17.0 Å². The van der Waals surface area contributed by atoms with Crippen molar-refractivity contribution in [3.63, 3.8) is 0 Å². The van der Waals surface area contributed by atoms with E-state index in [1.165, 1.54) is 0 Å². The number of aliphatic hydroxyl groups excluding tert-OH is 1. The molecule has 8 heteroatoms. The van der Waals surface area contributed by atoms with E-state index in [0.29, 0.717) is 24.2 Å².